The Labute approximate surface area is 102 Å². The minimum atomic E-state index is -0.322. The molecule has 1 aliphatic rings. The van der Waals surface area contributed by atoms with Gasteiger partial charge in [-0.2, -0.15) is 0 Å². The summed E-state index contributed by atoms with van der Waals surface area (Å²) >= 11 is 0. The molecule has 0 radical (unpaired) electrons. The zero-order valence-electron chi connectivity index (χ0n) is 10.9. The lowest BCUT2D eigenvalue weighted by Crippen LogP contribution is -2.59. The summed E-state index contributed by atoms with van der Waals surface area (Å²) < 4.78 is 5.43. The summed E-state index contributed by atoms with van der Waals surface area (Å²) in [6, 6.07) is -0.322. The van der Waals surface area contributed by atoms with E-state index in [9.17, 15) is 9.59 Å². The molecule has 0 spiro atoms. The second kappa shape index (κ2) is 6.59. The number of carbonyl (C=O) groups excluding carboxylic acids is 2. The standard InChI is InChI=1S/C12H22N2O3/c1-4-5-10-12(16)13-8-11(15)14(10)6-7-17-9(2)3/h9-10H,4-8H2,1-3H3,(H,13,16). The van der Waals surface area contributed by atoms with E-state index in [0.717, 1.165) is 6.42 Å². The van der Waals surface area contributed by atoms with Crippen LogP contribution < -0.4 is 5.32 Å². The van der Waals surface area contributed by atoms with Crippen molar-refractivity contribution in [2.45, 2.75) is 45.8 Å². The Morgan fingerprint density at radius 1 is 1.47 bits per heavy atom. The van der Waals surface area contributed by atoms with Crippen LogP contribution in [-0.4, -0.2) is 48.6 Å². The van der Waals surface area contributed by atoms with Crippen LogP contribution in [0.5, 0.6) is 0 Å². The van der Waals surface area contributed by atoms with Crippen molar-refractivity contribution >= 4 is 11.8 Å². The van der Waals surface area contributed by atoms with Gasteiger partial charge in [-0.15, -0.1) is 0 Å². The number of ether oxygens (including phenoxy) is 1. The molecule has 1 saturated heterocycles. The molecule has 1 aliphatic heterocycles. The third-order valence-corrected chi connectivity index (χ3v) is 2.76. The molecule has 0 aromatic rings. The Morgan fingerprint density at radius 3 is 2.76 bits per heavy atom. The summed E-state index contributed by atoms with van der Waals surface area (Å²) in [6.07, 6.45) is 1.74. The summed E-state index contributed by atoms with van der Waals surface area (Å²) in [4.78, 5) is 25.1. The highest BCUT2D eigenvalue weighted by molar-refractivity contribution is 5.94. The molecule has 1 unspecified atom stereocenters. The van der Waals surface area contributed by atoms with E-state index in [4.69, 9.17) is 4.74 Å². The smallest absolute Gasteiger partial charge is 0.243 e. The average Bonchev–Trinajstić information content (AvgIpc) is 2.27. The molecule has 2 amide bonds. The molecular formula is C12H22N2O3. The molecule has 1 atom stereocenters. The van der Waals surface area contributed by atoms with Crippen molar-refractivity contribution < 1.29 is 14.3 Å². The highest BCUT2D eigenvalue weighted by Gasteiger charge is 2.33. The normalized spacial score (nSPS) is 20.9. The number of piperazine rings is 1. The number of hydrogen-bond donors (Lipinski definition) is 1. The third kappa shape index (κ3) is 4.00. The monoisotopic (exact) mass is 242 g/mol. The van der Waals surface area contributed by atoms with Crippen molar-refractivity contribution in [3.05, 3.63) is 0 Å². The van der Waals surface area contributed by atoms with Gasteiger partial charge < -0.3 is 15.0 Å². The van der Waals surface area contributed by atoms with Gasteiger partial charge in [0.2, 0.25) is 11.8 Å². The quantitative estimate of drug-likeness (QED) is 0.739. The highest BCUT2D eigenvalue weighted by atomic mass is 16.5. The average molecular weight is 242 g/mol. The molecule has 1 rings (SSSR count). The number of amides is 2. The van der Waals surface area contributed by atoms with E-state index in [1.807, 2.05) is 20.8 Å². The van der Waals surface area contributed by atoms with E-state index < -0.39 is 0 Å². The topological polar surface area (TPSA) is 58.6 Å². The van der Waals surface area contributed by atoms with Crippen molar-refractivity contribution in [2.75, 3.05) is 19.7 Å². The predicted octanol–water partition coefficient (Wildman–Crippen LogP) is 0.539. The van der Waals surface area contributed by atoms with Gasteiger partial charge in [0.15, 0.2) is 0 Å². The van der Waals surface area contributed by atoms with E-state index in [-0.39, 0.29) is 30.5 Å². The molecule has 1 heterocycles. The number of rotatable bonds is 6. The lowest BCUT2D eigenvalue weighted by Gasteiger charge is -2.34. The molecule has 0 bridgehead atoms. The summed E-state index contributed by atoms with van der Waals surface area (Å²) in [5, 5.41) is 2.62. The third-order valence-electron chi connectivity index (χ3n) is 2.76. The SMILES string of the molecule is CCCC1C(=O)NCC(=O)N1CCOC(C)C. The maximum absolute atomic E-state index is 11.8. The van der Waals surface area contributed by atoms with Gasteiger partial charge in [0.05, 0.1) is 19.3 Å². The first-order valence-corrected chi connectivity index (χ1v) is 6.25. The van der Waals surface area contributed by atoms with Crippen LogP contribution in [0, 0.1) is 0 Å². The molecule has 98 valence electrons. The Hall–Kier alpha value is -1.10. The van der Waals surface area contributed by atoms with Crippen LogP contribution in [0.1, 0.15) is 33.6 Å². The predicted molar refractivity (Wildman–Crippen MR) is 64.5 cm³/mol. The second-order valence-corrected chi connectivity index (χ2v) is 4.53. The van der Waals surface area contributed by atoms with Crippen LogP contribution in [-0.2, 0) is 14.3 Å². The fraction of sp³-hybridized carbons (Fsp3) is 0.833. The molecular weight excluding hydrogens is 220 g/mol. The van der Waals surface area contributed by atoms with Crippen molar-refractivity contribution in [1.82, 2.24) is 10.2 Å². The Morgan fingerprint density at radius 2 is 2.18 bits per heavy atom. The summed E-state index contributed by atoms with van der Waals surface area (Å²) in [6.45, 7) is 7.00. The number of nitrogens with zero attached hydrogens (tertiary/aromatic N) is 1. The summed E-state index contributed by atoms with van der Waals surface area (Å²) in [5.41, 5.74) is 0. The van der Waals surface area contributed by atoms with Crippen molar-refractivity contribution in [3.63, 3.8) is 0 Å². The van der Waals surface area contributed by atoms with E-state index in [1.54, 1.807) is 4.90 Å². The molecule has 0 aliphatic carbocycles. The van der Waals surface area contributed by atoms with E-state index in [0.29, 0.717) is 19.6 Å². The maximum atomic E-state index is 11.8. The van der Waals surface area contributed by atoms with Crippen LogP contribution in [0.25, 0.3) is 0 Å². The lowest BCUT2D eigenvalue weighted by atomic mass is 10.1. The van der Waals surface area contributed by atoms with Gasteiger partial charge in [-0.3, -0.25) is 9.59 Å². The minimum Gasteiger partial charge on any atom is -0.377 e. The van der Waals surface area contributed by atoms with E-state index in [2.05, 4.69) is 5.32 Å². The zero-order valence-corrected chi connectivity index (χ0v) is 10.9. The Bertz CT molecular complexity index is 279. The molecule has 5 heteroatoms. The fourth-order valence-electron chi connectivity index (χ4n) is 1.93. The zero-order chi connectivity index (χ0) is 12.8. The summed E-state index contributed by atoms with van der Waals surface area (Å²) in [7, 11) is 0. The van der Waals surface area contributed by atoms with Gasteiger partial charge in [0.25, 0.3) is 0 Å². The Balaban J connectivity index is 2.55. The van der Waals surface area contributed by atoms with E-state index in [1.165, 1.54) is 0 Å². The Kier molecular flexibility index (Phi) is 5.41. The molecule has 0 aromatic carbocycles. The van der Waals surface area contributed by atoms with Crippen LogP contribution in [0.3, 0.4) is 0 Å². The van der Waals surface area contributed by atoms with Crippen LogP contribution in [0.15, 0.2) is 0 Å². The van der Waals surface area contributed by atoms with Gasteiger partial charge in [-0.1, -0.05) is 13.3 Å². The molecule has 5 nitrogen and oxygen atoms in total. The van der Waals surface area contributed by atoms with Gasteiger partial charge in [0, 0.05) is 6.54 Å². The summed E-state index contributed by atoms with van der Waals surface area (Å²) in [5.74, 6) is -0.0635. The molecule has 1 fully saturated rings. The number of nitrogens with one attached hydrogen (secondary N) is 1. The van der Waals surface area contributed by atoms with Gasteiger partial charge in [-0.05, 0) is 20.3 Å². The number of carbonyl (C=O) groups is 2. The van der Waals surface area contributed by atoms with Gasteiger partial charge in [-0.25, -0.2) is 0 Å². The van der Waals surface area contributed by atoms with E-state index >= 15 is 0 Å². The highest BCUT2D eigenvalue weighted by Crippen LogP contribution is 2.11. The lowest BCUT2D eigenvalue weighted by molar-refractivity contribution is -0.146. The first kappa shape index (κ1) is 14.0. The van der Waals surface area contributed by atoms with Crippen molar-refractivity contribution in [2.24, 2.45) is 0 Å². The number of hydrogen-bond acceptors (Lipinski definition) is 3. The molecule has 0 aromatic heterocycles. The first-order valence-electron chi connectivity index (χ1n) is 6.25. The molecule has 17 heavy (non-hydrogen) atoms. The van der Waals surface area contributed by atoms with Crippen LogP contribution in [0.2, 0.25) is 0 Å². The van der Waals surface area contributed by atoms with Crippen molar-refractivity contribution in [3.8, 4) is 0 Å². The van der Waals surface area contributed by atoms with Crippen molar-refractivity contribution in [1.29, 1.82) is 0 Å². The molecule has 1 N–H and O–H groups in total. The fourth-order valence-corrected chi connectivity index (χ4v) is 1.93. The second-order valence-electron chi connectivity index (χ2n) is 4.53. The minimum absolute atomic E-state index is 0.0181. The molecule has 0 saturated carbocycles. The van der Waals surface area contributed by atoms with Crippen LogP contribution >= 0.6 is 0 Å². The van der Waals surface area contributed by atoms with Crippen LogP contribution in [0.4, 0.5) is 0 Å². The maximum Gasteiger partial charge on any atom is 0.243 e. The first-order chi connectivity index (χ1) is 8.06. The van der Waals surface area contributed by atoms with Gasteiger partial charge in [0.1, 0.15) is 6.04 Å². The largest absolute Gasteiger partial charge is 0.377 e. The van der Waals surface area contributed by atoms with Gasteiger partial charge >= 0.3 is 0 Å².